The van der Waals surface area contributed by atoms with Gasteiger partial charge in [-0.15, -0.1) is 0 Å². The van der Waals surface area contributed by atoms with Crippen molar-refractivity contribution in [3.05, 3.63) is 70.0 Å². The lowest BCUT2D eigenvalue weighted by molar-refractivity contribution is 0.528. The van der Waals surface area contributed by atoms with Crippen LogP contribution in [0.4, 0.5) is 4.39 Å². The molecule has 0 bridgehead atoms. The molecule has 0 radical (unpaired) electrons. The van der Waals surface area contributed by atoms with E-state index in [-0.39, 0.29) is 16.9 Å². The molecule has 0 fully saturated rings. The van der Waals surface area contributed by atoms with E-state index in [0.717, 1.165) is 24.9 Å². The lowest BCUT2D eigenvalue weighted by Crippen LogP contribution is -2.24. The van der Waals surface area contributed by atoms with E-state index in [1.165, 1.54) is 17.2 Å². The Bertz CT molecular complexity index is 580. The third kappa shape index (κ3) is 4.55. The average Bonchev–Trinajstić information content (AvgIpc) is 2.48. The van der Waals surface area contributed by atoms with Crippen LogP contribution in [0.15, 0.2) is 42.5 Å². The zero-order valence-corrected chi connectivity index (χ0v) is 13.3. The van der Waals surface area contributed by atoms with Crippen LogP contribution < -0.4 is 5.32 Å². The van der Waals surface area contributed by atoms with Gasteiger partial charge in [0.15, 0.2) is 0 Å². The molecule has 1 N–H and O–H groups in total. The Morgan fingerprint density at radius 1 is 1.14 bits per heavy atom. The fraction of sp³-hybridized carbons (Fsp3) is 0.333. The van der Waals surface area contributed by atoms with Gasteiger partial charge in [-0.25, -0.2) is 4.39 Å². The van der Waals surface area contributed by atoms with Gasteiger partial charge in [-0.1, -0.05) is 54.4 Å². The number of rotatable bonds is 6. The summed E-state index contributed by atoms with van der Waals surface area (Å²) in [5.74, 6) is -0.367. The van der Waals surface area contributed by atoms with Crippen molar-refractivity contribution in [3.8, 4) is 0 Å². The highest BCUT2D eigenvalue weighted by Crippen LogP contribution is 2.22. The van der Waals surface area contributed by atoms with Gasteiger partial charge in [0.25, 0.3) is 0 Å². The molecule has 0 aliphatic carbocycles. The van der Waals surface area contributed by atoms with Crippen molar-refractivity contribution in [2.75, 3.05) is 6.54 Å². The summed E-state index contributed by atoms with van der Waals surface area (Å²) >= 11 is 5.87. The van der Waals surface area contributed by atoms with Crippen molar-refractivity contribution >= 4 is 11.6 Å². The van der Waals surface area contributed by atoms with Crippen molar-refractivity contribution in [1.29, 1.82) is 0 Å². The second kappa shape index (κ2) is 7.58. The fourth-order valence-corrected chi connectivity index (χ4v) is 2.53. The monoisotopic (exact) mass is 305 g/mol. The van der Waals surface area contributed by atoms with Gasteiger partial charge in [0.2, 0.25) is 0 Å². The Labute approximate surface area is 131 Å². The minimum absolute atomic E-state index is 0.186. The van der Waals surface area contributed by atoms with Gasteiger partial charge in [-0.2, -0.15) is 0 Å². The SMILES string of the molecule is CCCNC(Cc1ccc(F)c(Cl)c1)c1ccc(C)cc1. The summed E-state index contributed by atoms with van der Waals surface area (Å²) in [6.45, 7) is 5.18. The number of aryl methyl sites for hydroxylation is 1. The number of hydrogen-bond donors (Lipinski definition) is 1. The molecular weight excluding hydrogens is 285 g/mol. The number of halogens is 2. The van der Waals surface area contributed by atoms with Crippen molar-refractivity contribution < 1.29 is 4.39 Å². The number of benzene rings is 2. The van der Waals surface area contributed by atoms with Crippen LogP contribution in [0.2, 0.25) is 5.02 Å². The van der Waals surface area contributed by atoms with E-state index >= 15 is 0 Å². The standard InChI is InChI=1S/C18H21ClFN/c1-3-10-21-18(15-7-4-13(2)5-8-15)12-14-6-9-17(20)16(19)11-14/h4-9,11,18,21H,3,10,12H2,1-2H3. The Balaban J connectivity index is 2.19. The Morgan fingerprint density at radius 3 is 2.48 bits per heavy atom. The van der Waals surface area contributed by atoms with Crippen LogP contribution in [-0.4, -0.2) is 6.54 Å². The first-order valence-corrected chi connectivity index (χ1v) is 7.72. The van der Waals surface area contributed by atoms with Gasteiger partial charge in [-0.3, -0.25) is 0 Å². The van der Waals surface area contributed by atoms with Crippen LogP contribution in [0.1, 0.15) is 36.1 Å². The molecule has 0 aromatic heterocycles. The molecule has 0 saturated carbocycles. The zero-order valence-electron chi connectivity index (χ0n) is 12.5. The second-order valence-corrected chi connectivity index (χ2v) is 5.78. The van der Waals surface area contributed by atoms with E-state index < -0.39 is 0 Å². The number of hydrogen-bond acceptors (Lipinski definition) is 1. The van der Waals surface area contributed by atoms with Gasteiger partial charge >= 0.3 is 0 Å². The molecule has 0 spiro atoms. The summed E-state index contributed by atoms with van der Waals surface area (Å²) in [5, 5.41) is 3.74. The van der Waals surface area contributed by atoms with Crippen molar-refractivity contribution in [3.63, 3.8) is 0 Å². The molecule has 0 aliphatic rings. The summed E-state index contributed by atoms with van der Waals surface area (Å²) in [6, 6.07) is 13.7. The molecule has 1 unspecified atom stereocenters. The normalized spacial score (nSPS) is 12.4. The van der Waals surface area contributed by atoms with Crippen LogP contribution in [0.3, 0.4) is 0 Å². The third-order valence-electron chi connectivity index (χ3n) is 3.54. The Morgan fingerprint density at radius 2 is 1.86 bits per heavy atom. The third-order valence-corrected chi connectivity index (χ3v) is 3.83. The van der Waals surface area contributed by atoms with E-state index in [1.54, 1.807) is 12.1 Å². The summed E-state index contributed by atoms with van der Waals surface area (Å²) in [6.07, 6.45) is 1.87. The molecule has 3 heteroatoms. The van der Waals surface area contributed by atoms with Gasteiger partial charge in [0, 0.05) is 6.04 Å². The second-order valence-electron chi connectivity index (χ2n) is 5.37. The minimum Gasteiger partial charge on any atom is -0.310 e. The van der Waals surface area contributed by atoms with E-state index in [2.05, 4.69) is 43.4 Å². The maximum atomic E-state index is 13.3. The van der Waals surface area contributed by atoms with Crippen LogP contribution in [0, 0.1) is 12.7 Å². The van der Waals surface area contributed by atoms with Gasteiger partial charge < -0.3 is 5.32 Å². The topological polar surface area (TPSA) is 12.0 Å². The van der Waals surface area contributed by atoms with E-state index in [0.29, 0.717) is 0 Å². The molecule has 0 aliphatic heterocycles. The minimum atomic E-state index is -0.367. The molecule has 2 aromatic carbocycles. The molecule has 0 amide bonds. The van der Waals surface area contributed by atoms with E-state index in [1.807, 2.05) is 0 Å². The molecule has 21 heavy (non-hydrogen) atoms. The van der Waals surface area contributed by atoms with Gasteiger partial charge in [0.1, 0.15) is 5.82 Å². The Kier molecular flexibility index (Phi) is 5.77. The van der Waals surface area contributed by atoms with Crippen LogP contribution in [0.25, 0.3) is 0 Å². The van der Waals surface area contributed by atoms with Gasteiger partial charge in [0.05, 0.1) is 5.02 Å². The van der Waals surface area contributed by atoms with E-state index in [4.69, 9.17) is 11.6 Å². The highest BCUT2D eigenvalue weighted by atomic mass is 35.5. The fourth-order valence-electron chi connectivity index (χ4n) is 2.33. The largest absolute Gasteiger partial charge is 0.310 e. The molecule has 1 nitrogen and oxygen atoms in total. The predicted molar refractivity (Wildman–Crippen MR) is 87.3 cm³/mol. The molecule has 1 atom stereocenters. The maximum Gasteiger partial charge on any atom is 0.141 e. The maximum absolute atomic E-state index is 13.3. The zero-order chi connectivity index (χ0) is 15.2. The molecule has 112 valence electrons. The highest BCUT2D eigenvalue weighted by Gasteiger charge is 2.12. The van der Waals surface area contributed by atoms with Crippen molar-refractivity contribution in [2.24, 2.45) is 0 Å². The molecular formula is C18H21ClFN. The van der Waals surface area contributed by atoms with Crippen LogP contribution >= 0.6 is 11.6 Å². The first-order valence-electron chi connectivity index (χ1n) is 7.34. The summed E-state index contributed by atoms with van der Waals surface area (Å²) in [4.78, 5) is 0. The van der Waals surface area contributed by atoms with E-state index in [9.17, 15) is 4.39 Å². The quantitative estimate of drug-likeness (QED) is 0.785. The first kappa shape index (κ1) is 16.0. The summed E-state index contributed by atoms with van der Waals surface area (Å²) < 4.78 is 13.3. The highest BCUT2D eigenvalue weighted by molar-refractivity contribution is 6.30. The molecule has 2 aromatic rings. The summed E-state index contributed by atoms with van der Waals surface area (Å²) in [5.41, 5.74) is 3.53. The Hall–Kier alpha value is -1.38. The molecule has 2 rings (SSSR count). The average molecular weight is 306 g/mol. The number of nitrogens with one attached hydrogen (secondary N) is 1. The van der Waals surface area contributed by atoms with Crippen LogP contribution in [0.5, 0.6) is 0 Å². The lowest BCUT2D eigenvalue weighted by Gasteiger charge is -2.19. The summed E-state index contributed by atoms with van der Waals surface area (Å²) in [7, 11) is 0. The first-order chi connectivity index (χ1) is 10.1. The molecule has 0 saturated heterocycles. The predicted octanol–water partition coefficient (Wildman–Crippen LogP) is 5.07. The smallest absolute Gasteiger partial charge is 0.141 e. The van der Waals surface area contributed by atoms with Crippen molar-refractivity contribution in [1.82, 2.24) is 5.32 Å². The lowest BCUT2D eigenvalue weighted by atomic mass is 9.98. The van der Waals surface area contributed by atoms with Crippen molar-refractivity contribution in [2.45, 2.75) is 32.7 Å². The van der Waals surface area contributed by atoms with Gasteiger partial charge in [-0.05, 0) is 49.6 Å². The molecule has 0 heterocycles. The van der Waals surface area contributed by atoms with Crippen LogP contribution in [-0.2, 0) is 6.42 Å².